The first-order valence-electron chi connectivity index (χ1n) is 3.39. The maximum absolute atomic E-state index is 4.86. The van der Waals surface area contributed by atoms with Crippen molar-refractivity contribution in [3.63, 3.8) is 0 Å². The Labute approximate surface area is 81.0 Å². The van der Waals surface area contributed by atoms with Crippen LogP contribution in [0.1, 0.15) is 13.8 Å². The Hall–Kier alpha value is 0.460. The molecule has 0 aliphatic carbocycles. The van der Waals surface area contributed by atoms with E-state index in [-0.39, 0.29) is 24.8 Å². The van der Waals surface area contributed by atoms with Gasteiger partial charge in [0.2, 0.25) is 0 Å². The standard InChI is InChI=1S/C6H16N2O.2ClH/c1-3-8(4-2)5-6-9-7;;/h3-7H2,1-2H3;2*1H. The first-order chi connectivity index (χ1) is 4.35. The monoisotopic (exact) mass is 204 g/mol. The fraction of sp³-hybridized carbons (Fsp3) is 1.00. The van der Waals surface area contributed by atoms with Gasteiger partial charge in [-0.15, -0.1) is 24.8 Å². The summed E-state index contributed by atoms with van der Waals surface area (Å²) >= 11 is 0. The second-order valence-electron chi connectivity index (χ2n) is 1.90. The van der Waals surface area contributed by atoms with Gasteiger partial charge in [-0.05, 0) is 13.1 Å². The first-order valence-corrected chi connectivity index (χ1v) is 3.39. The second kappa shape index (κ2) is 13.1. The molecule has 0 aliphatic rings. The van der Waals surface area contributed by atoms with Gasteiger partial charge < -0.3 is 9.74 Å². The number of hydrogen-bond donors (Lipinski definition) is 1. The zero-order chi connectivity index (χ0) is 7.11. The molecule has 2 N–H and O–H groups in total. The predicted octanol–water partition coefficient (Wildman–Crippen LogP) is 1.06. The molecule has 0 saturated carbocycles. The highest BCUT2D eigenvalue weighted by Crippen LogP contribution is 1.84. The van der Waals surface area contributed by atoms with E-state index in [1.54, 1.807) is 0 Å². The lowest BCUT2D eigenvalue weighted by atomic mass is 10.5. The van der Waals surface area contributed by atoms with Gasteiger partial charge in [0.25, 0.3) is 0 Å². The third-order valence-electron chi connectivity index (χ3n) is 1.42. The van der Waals surface area contributed by atoms with Crippen molar-refractivity contribution in [2.45, 2.75) is 13.8 Å². The zero-order valence-corrected chi connectivity index (χ0v) is 8.71. The highest BCUT2D eigenvalue weighted by atomic mass is 35.5. The van der Waals surface area contributed by atoms with Crippen LogP contribution in [0.5, 0.6) is 0 Å². The number of rotatable bonds is 5. The van der Waals surface area contributed by atoms with Crippen LogP contribution < -0.4 is 5.90 Å². The van der Waals surface area contributed by atoms with Crippen molar-refractivity contribution in [1.29, 1.82) is 0 Å². The molecule has 0 aromatic rings. The summed E-state index contributed by atoms with van der Waals surface area (Å²) in [6, 6.07) is 0. The number of nitrogens with zero attached hydrogens (tertiary/aromatic N) is 1. The van der Waals surface area contributed by atoms with Crippen LogP contribution in [0.15, 0.2) is 0 Å². The van der Waals surface area contributed by atoms with Crippen LogP contribution in [-0.2, 0) is 4.84 Å². The average molecular weight is 205 g/mol. The molecule has 0 atom stereocenters. The Kier molecular flexibility index (Phi) is 20.8. The Morgan fingerprint density at radius 1 is 1.18 bits per heavy atom. The third-order valence-corrected chi connectivity index (χ3v) is 1.42. The summed E-state index contributed by atoms with van der Waals surface area (Å²) < 4.78 is 0. The van der Waals surface area contributed by atoms with Gasteiger partial charge in [-0.3, -0.25) is 0 Å². The minimum Gasteiger partial charge on any atom is -0.303 e. The highest BCUT2D eigenvalue weighted by Gasteiger charge is 1.95. The summed E-state index contributed by atoms with van der Waals surface area (Å²) in [6.07, 6.45) is 0. The molecule has 0 aliphatic heterocycles. The van der Waals surface area contributed by atoms with Crippen molar-refractivity contribution in [3.8, 4) is 0 Å². The van der Waals surface area contributed by atoms with Gasteiger partial charge in [0.05, 0.1) is 6.61 Å². The van der Waals surface area contributed by atoms with Crippen LogP contribution in [0.25, 0.3) is 0 Å². The molecule has 0 amide bonds. The topological polar surface area (TPSA) is 38.5 Å². The van der Waals surface area contributed by atoms with Crippen LogP contribution in [-0.4, -0.2) is 31.1 Å². The summed E-state index contributed by atoms with van der Waals surface area (Å²) in [4.78, 5) is 6.69. The maximum atomic E-state index is 4.86. The van der Waals surface area contributed by atoms with E-state index in [0.29, 0.717) is 6.61 Å². The van der Waals surface area contributed by atoms with Gasteiger partial charge in [-0.25, -0.2) is 5.90 Å². The zero-order valence-electron chi connectivity index (χ0n) is 7.08. The molecule has 0 fully saturated rings. The minimum absolute atomic E-state index is 0. The van der Waals surface area contributed by atoms with Gasteiger partial charge in [0.15, 0.2) is 0 Å². The molecule has 0 radical (unpaired) electrons. The smallest absolute Gasteiger partial charge is 0.0806 e. The molecule has 0 aromatic carbocycles. The van der Waals surface area contributed by atoms with E-state index in [1.807, 2.05) is 0 Å². The molecular formula is C6H18Cl2N2O. The molecule has 0 bridgehead atoms. The number of hydrogen-bond acceptors (Lipinski definition) is 3. The molecule has 0 unspecified atom stereocenters. The van der Waals surface area contributed by atoms with Crippen LogP contribution in [0.4, 0.5) is 0 Å². The SMILES string of the molecule is CCN(CC)CCON.Cl.Cl. The Balaban J connectivity index is -0.000000320. The predicted molar refractivity (Wildman–Crippen MR) is 52.4 cm³/mol. The molecule has 0 rings (SSSR count). The van der Waals surface area contributed by atoms with Gasteiger partial charge >= 0.3 is 0 Å². The van der Waals surface area contributed by atoms with Crippen LogP contribution >= 0.6 is 24.8 Å². The first kappa shape index (κ1) is 17.5. The molecule has 0 saturated heterocycles. The maximum Gasteiger partial charge on any atom is 0.0806 e. The molecule has 5 heteroatoms. The third kappa shape index (κ3) is 10.5. The van der Waals surface area contributed by atoms with Gasteiger partial charge in [0, 0.05) is 6.54 Å². The largest absolute Gasteiger partial charge is 0.303 e. The molecule has 11 heavy (non-hydrogen) atoms. The minimum atomic E-state index is 0. The fourth-order valence-electron chi connectivity index (χ4n) is 0.722. The van der Waals surface area contributed by atoms with Gasteiger partial charge in [-0.2, -0.15) is 0 Å². The number of likely N-dealkylation sites (N-methyl/N-ethyl adjacent to an activating group) is 1. The van der Waals surface area contributed by atoms with Crippen molar-refractivity contribution < 1.29 is 4.84 Å². The van der Waals surface area contributed by atoms with Crippen molar-refractivity contribution >= 4 is 24.8 Å². The molecule has 3 nitrogen and oxygen atoms in total. The van der Waals surface area contributed by atoms with E-state index < -0.39 is 0 Å². The lowest BCUT2D eigenvalue weighted by molar-refractivity contribution is 0.109. The van der Waals surface area contributed by atoms with Crippen LogP contribution in [0.3, 0.4) is 0 Å². The van der Waals surface area contributed by atoms with Crippen molar-refractivity contribution in [2.24, 2.45) is 5.90 Å². The molecule has 72 valence electrons. The number of halogens is 2. The van der Waals surface area contributed by atoms with E-state index in [4.69, 9.17) is 5.90 Å². The Bertz CT molecular complexity index is 62.5. The van der Waals surface area contributed by atoms with E-state index in [9.17, 15) is 0 Å². The lowest BCUT2D eigenvalue weighted by Gasteiger charge is -2.16. The van der Waals surface area contributed by atoms with E-state index in [0.717, 1.165) is 19.6 Å². The van der Waals surface area contributed by atoms with E-state index >= 15 is 0 Å². The molecular weight excluding hydrogens is 187 g/mol. The van der Waals surface area contributed by atoms with Crippen LogP contribution in [0.2, 0.25) is 0 Å². The summed E-state index contributed by atoms with van der Waals surface area (Å²) in [5.41, 5.74) is 0. The Morgan fingerprint density at radius 3 is 1.91 bits per heavy atom. The summed E-state index contributed by atoms with van der Waals surface area (Å²) in [5, 5.41) is 0. The van der Waals surface area contributed by atoms with Gasteiger partial charge in [-0.1, -0.05) is 13.8 Å². The van der Waals surface area contributed by atoms with E-state index in [2.05, 4.69) is 23.6 Å². The van der Waals surface area contributed by atoms with E-state index in [1.165, 1.54) is 0 Å². The van der Waals surface area contributed by atoms with Crippen molar-refractivity contribution in [1.82, 2.24) is 4.90 Å². The quantitative estimate of drug-likeness (QED) is 0.682. The number of nitrogens with two attached hydrogens (primary N) is 1. The summed E-state index contributed by atoms with van der Waals surface area (Å²) in [7, 11) is 0. The van der Waals surface area contributed by atoms with Gasteiger partial charge in [0.1, 0.15) is 0 Å². The summed E-state index contributed by atoms with van der Waals surface area (Å²) in [5.74, 6) is 4.86. The molecule has 0 heterocycles. The van der Waals surface area contributed by atoms with Crippen LogP contribution in [0, 0.1) is 0 Å². The van der Waals surface area contributed by atoms with Crippen molar-refractivity contribution in [2.75, 3.05) is 26.2 Å². The molecule has 0 spiro atoms. The Morgan fingerprint density at radius 2 is 1.64 bits per heavy atom. The highest BCUT2D eigenvalue weighted by molar-refractivity contribution is 5.85. The summed E-state index contributed by atoms with van der Waals surface area (Å²) in [6.45, 7) is 7.95. The average Bonchev–Trinajstić information content (AvgIpc) is 1.91. The second-order valence-corrected chi connectivity index (χ2v) is 1.90. The molecule has 0 aromatic heterocycles. The lowest BCUT2D eigenvalue weighted by Crippen LogP contribution is -2.27. The normalized spacial score (nSPS) is 8.73. The van der Waals surface area contributed by atoms with Crippen molar-refractivity contribution in [3.05, 3.63) is 0 Å². The fourth-order valence-corrected chi connectivity index (χ4v) is 0.722.